The topological polar surface area (TPSA) is 41.5 Å². The van der Waals surface area contributed by atoms with E-state index in [0.717, 1.165) is 25.0 Å². The van der Waals surface area contributed by atoms with Gasteiger partial charge in [-0.15, -0.1) is 11.8 Å². The summed E-state index contributed by atoms with van der Waals surface area (Å²) in [5.74, 6) is 0.941. The lowest BCUT2D eigenvalue weighted by molar-refractivity contribution is 0.156. The molecule has 20 heavy (non-hydrogen) atoms. The van der Waals surface area contributed by atoms with E-state index >= 15 is 0 Å². The molecule has 2 rings (SSSR count). The molecule has 1 aliphatic carbocycles. The van der Waals surface area contributed by atoms with Gasteiger partial charge < -0.3 is 15.2 Å². The number of aliphatic hydroxyl groups is 1. The fourth-order valence-electron chi connectivity index (χ4n) is 3.01. The standard InChI is InChI=1S/C16H25NO2S/c1-12(2)17-16(11-18)9-8-13(10-16)20-15-7-5-4-6-14(15)19-3/h4-7,12-13,17-18H,8-11H2,1-3H3. The van der Waals surface area contributed by atoms with E-state index in [9.17, 15) is 5.11 Å². The lowest BCUT2D eigenvalue weighted by Crippen LogP contribution is -2.49. The largest absolute Gasteiger partial charge is 0.496 e. The Kier molecular flexibility index (Phi) is 5.35. The molecule has 1 fully saturated rings. The minimum absolute atomic E-state index is 0.103. The van der Waals surface area contributed by atoms with Crippen LogP contribution in [0.4, 0.5) is 0 Å². The molecule has 1 aliphatic rings. The van der Waals surface area contributed by atoms with Crippen LogP contribution in [0.25, 0.3) is 0 Å². The van der Waals surface area contributed by atoms with Gasteiger partial charge in [-0.25, -0.2) is 0 Å². The molecule has 0 heterocycles. The van der Waals surface area contributed by atoms with Crippen molar-refractivity contribution in [2.75, 3.05) is 13.7 Å². The van der Waals surface area contributed by atoms with Crippen LogP contribution in [0.3, 0.4) is 0 Å². The van der Waals surface area contributed by atoms with Crippen LogP contribution in [-0.2, 0) is 0 Å². The molecule has 0 saturated heterocycles. The van der Waals surface area contributed by atoms with Gasteiger partial charge in [-0.05, 0) is 31.4 Å². The fraction of sp³-hybridized carbons (Fsp3) is 0.625. The Morgan fingerprint density at radius 3 is 2.85 bits per heavy atom. The molecule has 4 heteroatoms. The smallest absolute Gasteiger partial charge is 0.132 e. The number of benzene rings is 1. The van der Waals surface area contributed by atoms with Gasteiger partial charge in [0.05, 0.1) is 13.7 Å². The molecule has 112 valence electrons. The Bertz CT molecular complexity index is 438. The summed E-state index contributed by atoms with van der Waals surface area (Å²) in [6, 6.07) is 8.56. The summed E-state index contributed by atoms with van der Waals surface area (Å²) in [4.78, 5) is 1.19. The molecule has 0 bridgehead atoms. The molecular formula is C16H25NO2S. The first kappa shape index (κ1) is 15.7. The van der Waals surface area contributed by atoms with E-state index in [0.29, 0.717) is 11.3 Å². The molecule has 1 aromatic carbocycles. The number of rotatable bonds is 6. The minimum Gasteiger partial charge on any atom is -0.496 e. The van der Waals surface area contributed by atoms with E-state index in [1.54, 1.807) is 7.11 Å². The van der Waals surface area contributed by atoms with Crippen LogP contribution in [-0.4, -0.2) is 35.7 Å². The van der Waals surface area contributed by atoms with Crippen LogP contribution in [0.1, 0.15) is 33.1 Å². The van der Waals surface area contributed by atoms with E-state index in [1.165, 1.54) is 4.90 Å². The van der Waals surface area contributed by atoms with Gasteiger partial charge in [-0.1, -0.05) is 26.0 Å². The minimum atomic E-state index is -0.103. The maximum absolute atomic E-state index is 9.75. The zero-order valence-corrected chi connectivity index (χ0v) is 13.4. The van der Waals surface area contributed by atoms with Gasteiger partial charge in [-0.3, -0.25) is 0 Å². The summed E-state index contributed by atoms with van der Waals surface area (Å²) in [7, 11) is 1.71. The van der Waals surface area contributed by atoms with Crippen LogP contribution in [0, 0.1) is 0 Å². The van der Waals surface area contributed by atoms with E-state index in [-0.39, 0.29) is 12.1 Å². The Balaban J connectivity index is 2.02. The van der Waals surface area contributed by atoms with Crippen LogP contribution in [0.5, 0.6) is 5.75 Å². The first-order chi connectivity index (χ1) is 9.58. The molecule has 2 N–H and O–H groups in total. The molecule has 0 aliphatic heterocycles. The average molecular weight is 295 g/mol. The summed E-state index contributed by atoms with van der Waals surface area (Å²) < 4.78 is 5.41. The SMILES string of the molecule is COc1ccccc1SC1CCC(CO)(NC(C)C)C1. The highest BCUT2D eigenvalue weighted by molar-refractivity contribution is 8.00. The van der Waals surface area contributed by atoms with Crippen molar-refractivity contribution >= 4 is 11.8 Å². The van der Waals surface area contributed by atoms with Crippen LogP contribution >= 0.6 is 11.8 Å². The normalized spacial score (nSPS) is 26.1. The number of thioether (sulfide) groups is 1. The lowest BCUT2D eigenvalue weighted by Gasteiger charge is -2.31. The maximum Gasteiger partial charge on any atom is 0.132 e. The van der Waals surface area contributed by atoms with Gasteiger partial charge in [0.25, 0.3) is 0 Å². The number of ether oxygens (including phenoxy) is 1. The molecule has 0 spiro atoms. The van der Waals surface area contributed by atoms with Crippen LogP contribution in [0.2, 0.25) is 0 Å². The van der Waals surface area contributed by atoms with E-state index in [1.807, 2.05) is 30.0 Å². The van der Waals surface area contributed by atoms with Crippen molar-refractivity contribution in [2.45, 2.75) is 54.8 Å². The Labute approximate surface area is 126 Å². The maximum atomic E-state index is 9.75. The number of para-hydroxylation sites is 1. The summed E-state index contributed by atoms with van der Waals surface area (Å²) in [5, 5.41) is 13.8. The molecule has 1 saturated carbocycles. The molecule has 3 nitrogen and oxygen atoms in total. The second-order valence-corrected chi connectivity index (χ2v) is 7.21. The van der Waals surface area contributed by atoms with Gasteiger partial charge in [0.2, 0.25) is 0 Å². The van der Waals surface area contributed by atoms with Crippen molar-refractivity contribution in [2.24, 2.45) is 0 Å². The average Bonchev–Trinajstić information content (AvgIpc) is 2.82. The molecule has 1 aromatic rings. The van der Waals surface area contributed by atoms with Crippen molar-refractivity contribution < 1.29 is 9.84 Å². The highest BCUT2D eigenvalue weighted by atomic mass is 32.2. The van der Waals surface area contributed by atoms with Gasteiger partial charge in [0.15, 0.2) is 0 Å². The highest BCUT2D eigenvalue weighted by Gasteiger charge is 2.39. The number of hydrogen-bond acceptors (Lipinski definition) is 4. The van der Waals surface area contributed by atoms with Gasteiger partial charge in [0.1, 0.15) is 5.75 Å². The van der Waals surface area contributed by atoms with Crippen molar-refractivity contribution in [3.05, 3.63) is 24.3 Å². The summed E-state index contributed by atoms with van der Waals surface area (Å²) in [6.45, 7) is 4.49. The van der Waals surface area contributed by atoms with Crippen molar-refractivity contribution in [3.8, 4) is 5.75 Å². The first-order valence-electron chi connectivity index (χ1n) is 7.27. The Hall–Kier alpha value is -0.710. The van der Waals surface area contributed by atoms with Gasteiger partial charge >= 0.3 is 0 Å². The fourth-order valence-corrected chi connectivity index (χ4v) is 4.43. The molecular weight excluding hydrogens is 270 g/mol. The number of hydrogen-bond donors (Lipinski definition) is 2. The van der Waals surface area contributed by atoms with Crippen LogP contribution < -0.4 is 10.1 Å². The third-order valence-corrected chi connectivity index (χ3v) is 5.15. The van der Waals surface area contributed by atoms with Gasteiger partial charge in [0, 0.05) is 21.7 Å². The van der Waals surface area contributed by atoms with E-state index < -0.39 is 0 Å². The van der Waals surface area contributed by atoms with Gasteiger partial charge in [-0.2, -0.15) is 0 Å². The second kappa shape index (κ2) is 6.83. The second-order valence-electron chi connectivity index (χ2n) is 5.87. The van der Waals surface area contributed by atoms with Crippen molar-refractivity contribution in [3.63, 3.8) is 0 Å². The monoisotopic (exact) mass is 295 g/mol. The number of aliphatic hydroxyl groups excluding tert-OH is 1. The molecule has 0 amide bonds. The molecule has 0 aromatic heterocycles. The number of methoxy groups -OCH3 is 1. The molecule has 0 radical (unpaired) electrons. The van der Waals surface area contributed by atoms with Crippen molar-refractivity contribution in [1.29, 1.82) is 0 Å². The Morgan fingerprint density at radius 2 is 2.20 bits per heavy atom. The summed E-state index contributed by atoms with van der Waals surface area (Å²) in [5.41, 5.74) is -0.103. The third kappa shape index (κ3) is 3.68. The van der Waals surface area contributed by atoms with Crippen molar-refractivity contribution in [1.82, 2.24) is 5.32 Å². The summed E-state index contributed by atoms with van der Waals surface area (Å²) in [6.07, 6.45) is 3.17. The zero-order valence-electron chi connectivity index (χ0n) is 12.6. The third-order valence-electron chi connectivity index (χ3n) is 3.82. The predicted octanol–water partition coefficient (Wildman–Crippen LogP) is 3.07. The zero-order chi connectivity index (χ0) is 14.6. The predicted molar refractivity (Wildman–Crippen MR) is 84.6 cm³/mol. The number of nitrogens with one attached hydrogen (secondary N) is 1. The summed E-state index contributed by atoms with van der Waals surface area (Å²) >= 11 is 1.87. The highest BCUT2D eigenvalue weighted by Crippen LogP contribution is 2.42. The van der Waals surface area contributed by atoms with Crippen LogP contribution in [0.15, 0.2) is 29.2 Å². The molecule has 2 atom stereocenters. The molecule has 2 unspecified atom stereocenters. The van der Waals surface area contributed by atoms with E-state index in [2.05, 4.69) is 25.2 Å². The first-order valence-corrected chi connectivity index (χ1v) is 8.15. The van der Waals surface area contributed by atoms with E-state index in [4.69, 9.17) is 4.74 Å². The Morgan fingerprint density at radius 1 is 1.45 bits per heavy atom. The quantitative estimate of drug-likeness (QED) is 0.846. The lowest BCUT2D eigenvalue weighted by atomic mass is 9.98.